The second kappa shape index (κ2) is 11.2. The minimum absolute atomic E-state index is 0.0270. The van der Waals surface area contributed by atoms with Gasteiger partial charge in [-0.2, -0.15) is 0 Å². The fraction of sp³-hybridized carbons (Fsp3) is 0.320. The van der Waals surface area contributed by atoms with Crippen LogP contribution in [-0.2, 0) is 24.3 Å². The standard InChI is InChI=1S/C25H25ClN6O4S2/c1-31-8-6-16-19(12-31)38-24(30-16)23(35)29-17-10-14(25(36)32-9-7-27-21(33)13-32)2-3-15(17)11-28-22(34)18-4-5-20(26)37-18/h2-5,10H,6-9,11-13H2,1H3,(H,27,33)(H,28,34)(H,29,35). The number of carbonyl (C=O) groups is 4. The number of aromatic nitrogens is 1. The van der Waals surface area contributed by atoms with Crippen molar-refractivity contribution in [1.29, 1.82) is 0 Å². The van der Waals surface area contributed by atoms with Crippen LogP contribution in [0.25, 0.3) is 0 Å². The summed E-state index contributed by atoms with van der Waals surface area (Å²) in [7, 11) is 2.03. The quantitative estimate of drug-likeness (QED) is 0.417. The van der Waals surface area contributed by atoms with E-state index in [2.05, 4.69) is 25.8 Å². The summed E-state index contributed by atoms with van der Waals surface area (Å²) < 4.78 is 0.509. The molecule has 2 aliphatic rings. The predicted octanol–water partition coefficient (Wildman–Crippen LogP) is 2.60. The molecule has 0 atom stereocenters. The molecule has 0 unspecified atom stereocenters. The lowest BCUT2D eigenvalue weighted by molar-refractivity contribution is -0.123. The third-order valence-electron chi connectivity index (χ3n) is 6.28. The van der Waals surface area contributed by atoms with E-state index in [0.717, 1.165) is 30.1 Å². The molecule has 0 bridgehead atoms. The van der Waals surface area contributed by atoms with Gasteiger partial charge in [-0.05, 0) is 36.9 Å². The lowest BCUT2D eigenvalue weighted by atomic mass is 10.1. The fourth-order valence-electron chi connectivity index (χ4n) is 4.27. The lowest BCUT2D eigenvalue weighted by Crippen LogP contribution is -2.49. The molecule has 4 heterocycles. The zero-order valence-corrected chi connectivity index (χ0v) is 22.9. The van der Waals surface area contributed by atoms with Crippen LogP contribution in [0.5, 0.6) is 0 Å². The van der Waals surface area contributed by atoms with Crippen molar-refractivity contribution in [2.75, 3.05) is 38.5 Å². The van der Waals surface area contributed by atoms with Gasteiger partial charge in [-0.1, -0.05) is 17.7 Å². The van der Waals surface area contributed by atoms with E-state index < -0.39 is 0 Å². The minimum atomic E-state index is -0.383. The van der Waals surface area contributed by atoms with Crippen LogP contribution in [0.3, 0.4) is 0 Å². The van der Waals surface area contributed by atoms with Crippen molar-refractivity contribution in [2.24, 2.45) is 0 Å². The Morgan fingerprint density at radius 2 is 1.95 bits per heavy atom. The van der Waals surface area contributed by atoms with Gasteiger partial charge in [-0.3, -0.25) is 19.2 Å². The van der Waals surface area contributed by atoms with Crippen LogP contribution in [0.15, 0.2) is 30.3 Å². The molecule has 3 aromatic rings. The van der Waals surface area contributed by atoms with Gasteiger partial charge in [0.25, 0.3) is 17.7 Å². The van der Waals surface area contributed by atoms with Gasteiger partial charge >= 0.3 is 0 Å². The molecule has 1 aromatic carbocycles. The van der Waals surface area contributed by atoms with Crippen LogP contribution < -0.4 is 16.0 Å². The molecule has 0 spiro atoms. The van der Waals surface area contributed by atoms with Crippen LogP contribution in [0.2, 0.25) is 4.34 Å². The summed E-state index contributed by atoms with van der Waals surface area (Å²) >= 11 is 8.48. The summed E-state index contributed by atoms with van der Waals surface area (Å²) in [6.07, 6.45) is 0.785. The SMILES string of the molecule is CN1CCc2nc(C(=O)Nc3cc(C(=O)N4CCNC(=O)C4)ccc3CNC(=O)c3ccc(Cl)s3)sc2C1. The van der Waals surface area contributed by atoms with Gasteiger partial charge in [-0.15, -0.1) is 22.7 Å². The summed E-state index contributed by atoms with van der Waals surface area (Å²) in [4.78, 5) is 60.4. The number of benzene rings is 1. The molecule has 5 rings (SSSR count). The molecule has 10 nitrogen and oxygen atoms in total. The number of piperazine rings is 1. The van der Waals surface area contributed by atoms with E-state index in [1.807, 2.05) is 7.05 Å². The second-order valence-electron chi connectivity index (χ2n) is 9.07. The van der Waals surface area contributed by atoms with E-state index in [1.54, 1.807) is 30.3 Å². The number of hydrogen-bond donors (Lipinski definition) is 3. The monoisotopic (exact) mass is 572 g/mol. The van der Waals surface area contributed by atoms with Crippen LogP contribution >= 0.6 is 34.3 Å². The van der Waals surface area contributed by atoms with E-state index in [1.165, 1.54) is 27.6 Å². The van der Waals surface area contributed by atoms with E-state index in [0.29, 0.717) is 44.1 Å². The molecular formula is C25H25ClN6O4S2. The molecule has 13 heteroatoms. The third-order valence-corrected chi connectivity index (χ3v) is 8.59. The lowest BCUT2D eigenvalue weighted by Gasteiger charge is -2.27. The van der Waals surface area contributed by atoms with E-state index in [9.17, 15) is 19.2 Å². The highest BCUT2D eigenvalue weighted by Crippen LogP contribution is 2.27. The Bertz CT molecular complexity index is 1420. The van der Waals surface area contributed by atoms with Crippen LogP contribution in [0.1, 0.15) is 46.0 Å². The zero-order valence-electron chi connectivity index (χ0n) is 20.5. The summed E-state index contributed by atoms with van der Waals surface area (Å²) in [5.41, 5.74) is 2.27. The van der Waals surface area contributed by atoms with Gasteiger partial charge in [0.1, 0.15) is 0 Å². The maximum atomic E-state index is 13.2. The Morgan fingerprint density at radius 3 is 2.71 bits per heavy atom. The summed E-state index contributed by atoms with van der Waals surface area (Å²) in [6, 6.07) is 8.20. The van der Waals surface area contributed by atoms with Gasteiger partial charge in [0.2, 0.25) is 5.91 Å². The fourth-order valence-corrected chi connectivity index (χ4v) is 6.31. The zero-order chi connectivity index (χ0) is 26.8. The van der Waals surface area contributed by atoms with E-state index in [-0.39, 0.29) is 36.7 Å². The van der Waals surface area contributed by atoms with Gasteiger partial charge in [0.15, 0.2) is 5.01 Å². The third kappa shape index (κ3) is 5.88. The highest BCUT2D eigenvalue weighted by molar-refractivity contribution is 7.18. The number of thiazole rings is 1. The second-order valence-corrected chi connectivity index (χ2v) is 11.9. The molecule has 0 radical (unpaired) electrons. The first-order valence-corrected chi connectivity index (χ1v) is 14.0. The number of likely N-dealkylation sites (N-methyl/N-ethyl adjacent to an activating group) is 1. The molecule has 2 aliphatic heterocycles. The number of hydrogen-bond acceptors (Lipinski definition) is 8. The number of nitrogens with zero attached hydrogens (tertiary/aromatic N) is 3. The number of amides is 4. The number of thiophene rings is 1. The Hall–Kier alpha value is -3.32. The number of fused-ring (bicyclic) bond motifs is 1. The Balaban J connectivity index is 1.38. The smallest absolute Gasteiger partial charge is 0.284 e. The van der Waals surface area contributed by atoms with Crippen molar-refractivity contribution in [2.45, 2.75) is 19.5 Å². The topological polar surface area (TPSA) is 124 Å². The Morgan fingerprint density at radius 1 is 1.11 bits per heavy atom. The molecule has 1 fully saturated rings. The van der Waals surface area contributed by atoms with Gasteiger partial charge < -0.3 is 25.8 Å². The molecule has 198 valence electrons. The largest absolute Gasteiger partial charge is 0.353 e. The number of carbonyl (C=O) groups excluding carboxylic acids is 4. The first-order valence-electron chi connectivity index (χ1n) is 12.0. The predicted molar refractivity (Wildman–Crippen MR) is 146 cm³/mol. The molecule has 2 aromatic heterocycles. The Labute approximate surface area is 232 Å². The summed E-state index contributed by atoms with van der Waals surface area (Å²) in [5.74, 6) is -1.21. The van der Waals surface area contributed by atoms with Crippen molar-refractivity contribution in [3.63, 3.8) is 0 Å². The van der Waals surface area contributed by atoms with Crippen molar-refractivity contribution < 1.29 is 19.2 Å². The summed E-state index contributed by atoms with van der Waals surface area (Å²) in [6.45, 7) is 2.50. The van der Waals surface area contributed by atoms with E-state index >= 15 is 0 Å². The molecule has 0 saturated carbocycles. The molecule has 0 aliphatic carbocycles. The molecular weight excluding hydrogens is 548 g/mol. The van der Waals surface area contributed by atoms with Gasteiger partial charge in [0.05, 0.1) is 21.5 Å². The van der Waals surface area contributed by atoms with Crippen molar-refractivity contribution in [3.05, 3.63) is 66.3 Å². The van der Waals surface area contributed by atoms with Crippen LogP contribution in [0.4, 0.5) is 5.69 Å². The number of nitrogens with one attached hydrogen (secondary N) is 3. The highest BCUT2D eigenvalue weighted by Gasteiger charge is 2.25. The van der Waals surface area contributed by atoms with Crippen molar-refractivity contribution in [1.82, 2.24) is 25.4 Å². The molecule has 3 N–H and O–H groups in total. The first kappa shape index (κ1) is 26.3. The normalized spacial score (nSPS) is 15.5. The first-order chi connectivity index (χ1) is 18.3. The van der Waals surface area contributed by atoms with Crippen LogP contribution in [0, 0.1) is 0 Å². The average molecular weight is 573 g/mol. The average Bonchev–Trinajstić information content (AvgIpc) is 3.53. The van der Waals surface area contributed by atoms with Crippen molar-refractivity contribution >= 4 is 63.6 Å². The highest BCUT2D eigenvalue weighted by atomic mass is 35.5. The van der Waals surface area contributed by atoms with Crippen LogP contribution in [-0.4, -0.2) is 71.6 Å². The number of rotatable bonds is 6. The maximum Gasteiger partial charge on any atom is 0.284 e. The Kier molecular flexibility index (Phi) is 7.75. The molecule has 38 heavy (non-hydrogen) atoms. The maximum absolute atomic E-state index is 13.2. The van der Waals surface area contributed by atoms with Gasteiger partial charge in [0, 0.05) is 55.3 Å². The number of halogens is 1. The van der Waals surface area contributed by atoms with Gasteiger partial charge in [-0.25, -0.2) is 4.98 Å². The summed E-state index contributed by atoms with van der Waals surface area (Å²) in [5, 5.41) is 8.78. The molecule has 1 saturated heterocycles. The molecule has 4 amide bonds. The van der Waals surface area contributed by atoms with Crippen molar-refractivity contribution in [3.8, 4) is 0 Å². The minimum Gasteiger partial charge on any atom is -0.353 e. The van der Waals surface area contributed by atoms with E-state index in [4.69, 9.17) is 11.6 Å². The number of anilines is 1.